The fraction of sp³-hybridized carbons (Fsp3) is 0.500. The largest absolute Gasteiger partial charge is 0.489 e. The number of fused-ring (bicyclic) bond motifs is 2. The summed E-state index contributed by atoms with van der Waals surface area (Å²) in [5.41, 5.74) is 3.60. The normalized spacial score (nSPS) is 21.4. The van der Waals surface area contributed by atoms with Crippen LogP contribution < -0.4 is 10.3 Å². The van der Waals surface area contributed by atoms with Crippen molar-refractivity contribution in [3.05, 3.63) is 63.1 Å². The van der Waals surface area contributed by atoms with Crippen LogP contribution in [0, 0.1) is 0 Å². The molecular weight excluding hydrogens is 412 g/mol. The molecule has 0 bridgehead atoms. The number of nitrogens with zero attached hydrogens (tertiary/aromatic N) is 2. The van der Waals surface area contributed by atoms with Crippen molar-refractivity contribution in [2.24, 2.45) is 0 Å². The van der Waals surface area contributed by atoms with Gasteiger partial charge in [-0.2, -0.15) is 11.8 Å². The zero-order valence-corrected chi connectivity index (χ0v) is 18.7. The van der Waals surface area contributed by atoms with Crippen LogP contribution in [-0.4, -0.2) is 59.3 Å². The molecule has 7 heteroatoms. The monoisotopic (exact) mass is 440 g/mol. The molecule has 6 nitrogen and oxygen atoms in total. The molecule has 31 heavy (non-hydrogen) atoms. The molecule has 1 aromatic carbocycles. The van der Waals surface area contributed by atoms with Crippen LogP contribution in [0.3, 0.4) is 0 Å². The van der Waals surface area contributed by atoms with Crippen LogP contribution in [-0.2, 0) is 30.5 Å². The number of aromatic nitrogens is 1. The summed E-state index contributed by atoms with van der Waals surface area (Å²) in [6, 6.07) is 10.3. The smallest absolute Gasteiger partial charge is 0.343 e. The third kappa shape index (κ3) is 4.01. The average molecular weight is 441 g/mol. The number of rotatable bonds is 4. The number of hydrogen-bond donors (Lipinski definition) is 0. The van der Waals surface area contributed by atoms with Crippen LogP contribution in [0.1, 0.15) is 33.6 Å². The lowest BCUT2D eigenvalue weighted by molar-refractivity contribution is 0.0590. The number of methoxy groups -OCH3 is 1. The van der Waals surface area contributed by atoms with E-state index in [0.717, 1.165) is 37.4 Å². The highest BCUT2D eigenvalue weighted by Gasteiger charge is 2.31. The van der Waals surface area contributed by atoms with E-state index >= 15 is 0 Å². The average Bonchev–Trinajstić information content (AvgIpc) is 3.39. The van der Waals surface area contributed by atoms with E-state index in [-0.39, 0.29) is 11.7 Å². The third-order valence-corrected chi connectivity index (χ3v) is 7.89. The Morgan fingerprint density at radius 1 is 1.13 bits per heavy atom. The number of esters is 1. The Morgan fingerprint density at radius 2 is 1.90 bits per heavy atom. The van der Waals surface area contributed by atoms with Gasteiger partial charge in [0.05, 0.1) is 7.11 Å². The molecule has 0 amide bonds. The summed E-state index contributed by atoms with van der Waals surface area (Å²) in [7, 11) is 1.39. The molecule has 0 unspecified atom stereocenters. The fourth-order valence-corrected chi connectivity index (χ4v) is 6.39. The zero-order valence-electron chi connectivity index (χ0n) is 17.8. The molecule has 0 N–H and O–H groups in total. The molecule has 5 rings (SSSR count). The van der Waals surface area contributed by atoms with Gasteiger partial charge in [-0.1, -0.05) is 24.3 Å². The van der Waals surface area contributed by atoms with Gasteiger partial charge in [0, 0.05) is 62.5 Å². The Balaban J connectivity index is 1.45. The minimum atomic E-state index is -0.431. The number of benzene rings is 1. The maximum absolute atomic E-state index is 13.0. The Bertz CT molecular complexity index is 1020. The molecule has 1 saturated heterocycles. The maximum Gasteiger partial charge on any atom is 0.343 e. The predicted molar refractivity (Wildman–Crippen MR) is 121 cm³/mol. The van der Waals surface area contributed by atoms with Crippen LogP contribution >= 0.6 is 11.8 Å². The lowest BCUT2D eigenvalue weighted by Gasteiger charge is -2.26. The minimum absolute atomic E-state index is 0.0824. The van der Waals surface area contributed by atoms with Gasteiger partial charge >= 0.3 is 5.97 Å². The lowest BCUT2D eigenvalue weighted by Crippen LogP contribution is -2.37. The summed E-state index contributed by atoms with van der Waals surface area (Å²) >= 11 is 1.99. The highest BCUT2D eigenvalue weighted by molar-refractivity contribution is 7.99. The van der Waals surface area contributed by atoms with E-state index in [9.17, 15) is 9.59 Å². The molecule has 1 aliphatic carbocycles. The van der Waals surface area contributed by atoms with Crippen LogP contribution in [0.25, 0.3) is 0 Å². The molecule has 3 heterocycles. The van der Waals surface area contributed by atoms with Gasteiger partial charge in [-0.3, -0.25) is 9.69 Å². The van der Waals surface area contributed by atoms with E-state index < -0.39 is 5.97 Å². The van der Waals surface area contributed by atoms with Crippen molar-refractivity contribution in [1.29, 1.82) is 0 Å². The van der Waals surface area contributed by atoms with Gasteiger partial charge in [0.2, 0.25) is 0 Å². The van der Waals surface area contributed by atoms with E-state index in [1.54, 1.807) is 4.57 Å². The first-order valence-electron chi connectivity index (χ1n) is 11.0. The molecule has 0 saturated carbocycles. The Morgan fingerprint density at radius 3 is 2.58 bits per heavy atom. The second-order valence-electron chi connectivity index (χ2n) is 8.53. The van der Waals surface area contributed by atoms with Gasteiger partial charge < -0.3 is 14.0 Å². The van der Waals surface area contributed by atoms with Crippen molar-refractivity contribution >= 4 is 17.7 Å². The number of ether oxygens (including phenoxy) is 2. The summed E-state index contributed by atoms with van der Waals surface area (Å²) in [5.74, 6) is 2.28. The summed E-state index contributed by atoms with van der Waals surface area (Å²) in [4.78, 5) is 28.3. The first-order chi connectivity index (χ1) is 15.1. The molecule has 2 aliphatic heterocycles. The Hall–Kier alpha value is -2.25. The number of carbonyl (C=O) groups excluding carboxylic acids is 1. The quantitative estimate of drug-likeness (QED) is 0.681. The maximum atomic E-state index is 13.0. The summed E-state index contributed by atoms with van der Waals surface area (Å²) in [6.45, 7) is 2.26. The van der Waals surface area contributed by atoms with Crippen LogP contribution in [0.5, 0.6) is 5.75 Å². The van der Waals surface area contributed by atoms with E-state index in [1.165, 1.54) is 36.5 Å². The van der Waals surface area contributed by atoms with Gasteiger partial charge in [-0.15, -0.1) is 0 Å². The van der Waals surface area contributed by atoms with Crippen molar-refractivity contribution in [3.8, 4) is 5.75 Å². The number of pyridine rings is 1. The van der Waals surface area contributed by atoms with Crippen LogP contribution in [0.4, 0.5) is 0 Å². The first-order valence-corrected chi connectivity index (χ1v) is 12.2. The standard InChI is InChI=1S/C24H28N2O4S/c1-29-24(28)23-20-6-8-25(18-7-11-31-15-18)9-10-26(20)22(27)14-21(23)30-19-12-16-4-2-3-5-17(16)13-19/h2-5,14,18-19H,6-13,15H2,1H3/t18-/m0/s1. The molecule has 0 radical (unpaired) electrons. The second kappa shape index (κ2) is 8.71. The van der Waals surface area contributed by atoms with Crippen molar-refractivity contribution < 1.29 is 14.3 Å². The number of hydrogen-bond acceptors (Lipinski definition) is 6. The summed E-state index contributed by atoms with van der Waals surface area (Å²) in [5, 5.41) is 0. The van der Waals surface area contributed by atoms with E-state index in [1.807, 2.05) is 23.9 Å². The molecular formula is C24H28N2O4S. The lowest BCUT2D eigenvalue weighted by atomic mass is 10.1. The SMILES string of the molecule is COC(=O)c1c(OC2Cc3ccccc3C2)cc(=O)n2c1CCN([C@H]1CCSC1)CC2. The van der Waals surface area contributed by atoms with Gasteiger partial charge in [0.25, 0.3) is 5.56 Å². The Kier molecular flexibility index (Phi) is 5.80. The third-order valence-electron chi connectivity index (χ3n) is 6.75. The van der Waals surface area contributed by atoms with Gasteiger partial charge in [-0.25, -0.2) is 4.79 Å². The Labute approximate surface area is 186 Å². The number of thioether (sulfide) groups is 1. The van der Waals surface area contributed by atoms with Crippen molar-refractivity contribution in [1.82, 2.24) is 9.47 Å². The van der Waals surface area contributed by atoms with Gasteiger partial charge in [0.15, 0.2) is 0 Å². The van der Waals surface area contributed by atoms with Crippen molar-refractivity contribution in [3.63, 3.8) is 0 Å². The van der Waals surface area contributed by atoms with Crippen LogP contribution in [0.15, 0.2) is 35.1 Å². The summed E-state index contributed by atoms with van der Waals surface area (Å²) in [6.07, 6.45) is 3.31. The molecule has 1 atom stereocenters. The first kappa shape index (κ1) is 20.6. The molecule has 164 valence electrons. The topological polar surface area (TPSA) is 60.8 Å². The van der Waals surface area contributed by atoms with Crippen molar-refractivity contribution in [2.45, 2.75) is 44.4 Å². The minimum Gasteiger partial charge on any atom is -0.489 e. The molecule has 1 aromatic heterocycles. The molecule has 1 fully saturated rings. The number of carbonyl (C=O) groups is 1. The molecule has 0 spiro atoms. The van der Waals surface area contributed by atoms with Gasteiger partial charge in [0.1, 0.15) is 17.4 Å². The van der Waals surface area contributed by atoms with E-state index in [0.29, 0.717) is 30.3 Å². The summed E-state index contributed by atoms with van der Waals surface area (Å²) < 4.78 is 13.2. The zero-order chi connectivity index (χ0) is 21.4. The van der Waals surface area contributed by atoms with E-state index in [4.69, 9.17) is 9.47 Å². The molecule has 3 aliphatic rings. The second-order valence-corrected chi connectivity index (χ2v) is 9.68. The highest BCUT2D eigenvalue weighted by Crippen LogP contribution is 2.30. The fourth-order valence-electron chi connectivity index (χ4n) is 5.14. The van der Waals surface area contributed by atoms with Crippen LogP contribution in [0.2, 0.25) is 0 Å². The molecule has 2 aromatic rings. The van der Waals surface area contributed by atoms with Gasteiger partial charge in [-0.05, 0) is 23.3 Å². The highest BCUT2D eigenvalue weighted by atomic mass is 32.2. The van der Waals surface area contributed by atoms with Crippen molar-refractivity contribution in [2.75, 3.05) is 31.7 Å². The van der Waals surface area contributed by atoms with E-state index in [2.05, 4.69) is 17.0 Å². The predicted octanol–water partition coefficient (Wildman–Crippen LogP) is 2.54.